The van der Waals surface area contributed by atoms with Crippen molar-refractivity contribution in [3.8, 4) is 0 Å². The number of amides is 1. The van der Waals surface area contributed by atoms with Crippen LogP contribution in [0.2, 0.25) is 0 Å². The Hall–Kier alpha value is -2.34. The maximum absolute atomic E-state index is 13.3. The van der Waals surface area contributed by atoms with Crippen LogP contribution in [0.15, 0.2) is 42.7 Å². The number of piperazine rings is 1. The monoisotopic (exact) mass is 318 g/mol. The molecule has 3 rings (SSSR count). The molecule has 0 radical (unpaired) electrons. The van der Waals surface area contributed by atoms with Gasteiger partial charge in [-0.25, -0.2) is 8.78 Å². The van der Waals surface area contributed by atoms with Crippen LogP contribution in [-0.2, 0) is 6.54 Å². The highest BCUT2D eigenvalue weighted by Gasteiger charge is 2.25. The van der Waals surface area contributed by atoms with Gasteiger partial charge >= 0.3 is 0 Å². The van der Waals surface area contributed by atoms with Gasteiger partial charge in [0.2, 0.25) is 0 Å². The summed E-state index contributed by atoms with van der Waals surface area (Å²) in [5, 5.41) is 0. The molecule has 1 fully saturated rings. The maximum atomic E-state index is 13.3. The topological polar surface area (TPSA) is 37.6 Å². The van der Waals surface area contributed by atoms with Gasteiger partial charge in [0, 0.05) is 23.5 Å². The summed E-state index contributed by atoms with van der Waals surface area (Å²) in [5.74, 6) is -2.17. The number of halogens is 2. The second kappa shape index (κ2) is 6.83. The number of nitrogens with one attached hydrogen (secondary N) is 1. The molecular formula is C17H18F2N3O+. The number of carbonyl (C=O) groups excluding carboxylic acids is 1. The van der Waals surface area contributed by atoms with Crippen LogP contribution < -0.4 is 4.90 Å². The molecule has 0 bridgehead atoms. The molecule has 0 aliphatic carbocycles. The van der Waals surface area contributed by atoms with E-state index in [0.717, 1.165) is 31.8 Å². The van der Waals surface area contributed by atoms with Gasteiger partial charge in [0.25, 0.3) is 5.91 Å². The lowest BCUT2D eigenvalue weighted by Crippen LogP contribution is -3.13. The minimum Gasteiger partial charge on any atom is -0.328 e. The molecular weight excluding hydrogens is 300 g/mol. The average molecular weight is 318 g/mol. The average Bonchev–Trinajstić information content (AvgIpc) is 2.58. The van der Waals surface area contributed by atoms with Crippen LogP contribution in [0.1, 0.15) is 15.9 Å². The van der Waals surface area contributed by atoms with E-state index in [1.165, 1.54) is 16.5 Å². The van der Waals surface area contributed by atoms with Crippen molar-refractivity contribution < 1.29 is 18.5 Å². The van der Waals surface area contributed by atoms with Gasteiger partial charge in [0.15, 0.2) is 11.6 Å². The number of aromatic nitrogens is 1. The number of rotatable bonds is 3. The van der Waals surface area contributed by atoms with Crippen molar-refractivity contribution in [1.29, 1.82) is 0 Å². The SMILES string of the molecule is O=C(c1ccc(F)c(F)c1)N1CC[NH+](Cc2ccncc2)CC1. The van der Waals surface area contributed by atoms with Gasteiger partial charge in [-0.15, -0.1) is 0 Å². The number of hydrogen-bond acceptors (Lipinski definition) is 2. The fraction of sp³-hybridized carbons (Fsp3) is 0.294. The fourth-order valence-corrected chi connectivity index (χ4v) is 2.80. The van der Waals surface area contributed by atoms with E-state index in [1.807, 2.05) is 12.1 Å². The number of carbonyl (C=O) groups is 1. The van der Waals surface area contributed by atoms with Crippen molar-refractivity contribution in [2.24, 2.45) is 0 Å². The second-order valence-corrected chi connectivity index (χ2v) is 5.70. The van der Waals surface area contributed by atoms with E-state index in [9.17, 15) is 13.6 Å². The van der Waals surface area contributed by atoms with Gasteiger partial charge < -0.3 is 9.80 Å². The van der Waals surface area contributed by atoms with Crippen molar-refractivity contribution >= 4 is 5.91 Å². The zero-order valence-electron chi connectivity index (χ0n) is 12.6. The standard InChI is InChI=1S/C17H17F2N3O/c18-15-2-1-14(11-16(15)19)17(23)22-9-7-21(8-10-22)12-13-3-5-20-6-4-13/h1-6,11H,7-10,12H2/p+1. The third-order valence-corrected chi connectivity index (χ3v) is 4.13. The summed E-state index contributed by atoms with van der Waals surface area (Å²) in [6.07, 6.45) is 3.55. The first kappa shape index (κ1) is 15.6. The highest BCUT2D eigenvalue weighted by molar-refractivity contribution is 5.94. The molecule has 1 aliphatic rings. The van der Waals surface area contributed by atoms with E-state index in [1.54, 1.807) is 17.3 Å². The smallest absolute Gasteiger partial charge is 0.254 e. The Balaban J connectivity index is 1.58. The Morgan fingerprint density at radius 1 is 1.09 bits per heavy atom. The van der Waals surface area contributed by atoms with E-state index < -0.39 is 11.6 Å². The number of pyridine rings is 1. The Morgan fingerprint density at radius 2 is 1.78 bits per heavy atom. The van der Waals surface area contributed by atoms with Gasteiger partial charge in [0.05, 0.1) is 26.2 Å². The predicted molar refractivity (Wildman–Crippen MR) is 80.9 cm³/mol. The molecule has 1 saturated heterocycles. The van der Waals surface area contributed by atoms with Crippen LogP contribution in [0.4, 0.5) is 8.78 Å². The zero-order chi connectivity index (χ0) is 16.2. The third kappa shape index (κ3) is 3.71. The molecule has 1 N–H and O–H groups in total. The third-order valence-electron chi connectivity index (χ3n) is 4.13. The number of nitrogens with zero attached hydrogens (tertiary/aromatic N) is 2. The molecule has 0 saturated carbocycles. The van der Waals surface area contributed by atoms with E-state index >= 15 is 0 Å². The van der Waals surface area contributed by atoms with E-state index in [-0.39, 0.29) is 11.5 Å². The molecule has 1 aliphatic heterocycles. The molecule has 0 unspecified atom stereocenters. The minimum atomic E-state index is -0.988. The summed E-state index contributed by atoms with van der Waals surface area (Å²) in [6.45, 7) is 3.78. The van der Waals surface area contributed by atoms with Crippen LogP contribution in [0, 0.1) is 11.6 Å². The van der Waals surface area contributed by atoms with Crippen LogP contribution in [0.25, 0.3) is 0 Å². The van der Waals surface area contributed by atoms with Gasteiger partial charge in [-0.1, -0.05) is 0 Å². The number of hydrogen-bond donors (Lipinski definition) is 1. The quantitative estimate of drug-likeness (QED) is 0.913. The normalized spacial score (nSPS) is 15.7. The second-order valence-electron chi connectivity index (χ2n) is 5.70. The maximum Gasteiger partial charge on any atom is 0.254 e. The van der Waals surface area contributed by atoms with Gasteiger partial charge in [-0.05, 0) is 30.3 Å². The fourth-order valence-electron chi connectivity index (χ4n) is 2.80. The molecule has 0 spiro atoms. The first-order valence-electron chi connectivity index (χ1n) is 7.60. The summed E-state index contributed by atoms with van der Waals surface area (Å²) in [7, 11) is 0. The zero-order valence-corrected chi connectivity index (χ0v) is 12.6. The minimum absolute atomic E-state index is 0.196. The predicted octanol–water partition coefficient (Wildman–Crippen LogP) is 0.901. The molecule has 1 amide bonds. The number of quaternary nitrogens is 1. The van der Waals surface area contributed by atoms with Crippen molar-refractivity contribution in [1.82, 2.24) is 9.88 Å². The van der Waals surface area contributed by atoms with Crippen LogP contribution in [0.3, 0.4) is 0 Å². The van der Waals surface area contributed by atoms with Gasteiger partial charge in [-0.3, -0.25) is 9.78 Å². The lowest BCUT2D eigenvalue weighted by molar-refractivity contribution is -0.917. The lowest BCUT2D eigenvalue weighted by atomic mass is 10.1. The molecule has 1 aromatic heterocycles. The number of benzene rings is 1. The highest BCUT2D eigenvalue weighted by atomic mass is 19.2. The Bertz CT molecular complexity index is 685. The van der Waals surface area contributed by atoms with Crippen molar-refractivity contribution in [2.45, 2.75) is 6.54 Å². The Labute approximate surface area is 133 Å². The Morgan fingerprint density at radius 3 is 2.43 bits per heavy atom. The summed E-state index contributed by atoms with van der Waals surface area (Å²) in [4.78, 5) is 19.4. The molecule has 0 atom stereocenters. The first-order valence-corrected chi connectivity index (χ1v) is 7.60. The molecule has 4 nitrogen and oxygen atoms in total. The van der Waals surface area contributed by atoms with E-state index in [4.69, 9.17) is 0 Å². The largest absolute Gasteiger partial charge is 0.328 e. The molecule has 2 aromatic rings. The molecule has 2 heterocycles. The molecule has 120 valence electrons. The highest BCUT2D eigenvalue weighted by Crippen LogP contribution is 2.11. The van der Waals surface area contributed by atoms with Crippen molar-refractivity contribution in [3.63, 3.8) is 0 Å². The molecule has 6 heteroatoms. The summed E-state index contributed by atoms with van der Waals surface area (Å²) < 4.78 is 26.2. The van der Waals surface area contributed by atoms with Crippen molar-refractivity contribution in [2.75, 3.05) is 26.2 Å². The van der Waals surface area contributed by atoms with Gasteiger partial charge in [0.1, 0.15) is 6.54 Å². The molecule has 1 aromatic carbocycles. The van der Waals surface area contributed by atoms with E-state index in [0.29, 0.717) is 13.1 Å². The van der Waals surface area contributed by atoms with Crippen LogP contribution in [0.5, 0.6) is 0 Å². The summed E-state index contributed by atoms with van der Waals surface area (Å²) in [6, 6.07) is 7.27. The summed E-state index contributed by atoms with van der Waals surface area (Å²) >= 11 is 0. The first-order chi connectivity index (χ1) is 11.1. The summed E-state index contributed by atoms with van der Waals surface area (Å²) in [5.41, 5.74) is 1.41. The van der Waals surface area contributed by atoms with Crippen molar-refractivity contribution in [3.05, 3.63) is 65.5 Å². The van der Waals surface area contributed by atoms with Gasteiger partial charge in [-0.2, -0.15) is 0 Å². The van der Waals surface area contributed by atoms with Crippen LogP contribution >= 0.6 is 0 Å². The van der Waals surface area contributed by atoms with E-state index in [2.05, 4.69) is 4.98 Å². The lowest BCUT2D eigenvalue weighted by Gasteiger charge is -2.32. The van der Waals surface area contributed by atoms with Crippen LogP contribution in [-0.4, -0.2) is 42.0 Å². The Kier molecular flexibility index (Phi) is 4.62. The molecule has 23 heavy (non-hydrogen) atoms.